The fourth-order valence-electron chi connectivity index (χ4n) is 2.09. The number of halogens is 1. The Morgan fingerprint density at radius 3 is 2.67 bits per heavy atom. The van der Waals surface area contributed by atoms with Gasteiger partial charge in [-0.15, -0.1) is 0 Å². The maximum absolute atomic E-state index is 11.9. The second-order valence-electron chi connectivity index (χ2n) is 4.96. The summed E-state index contributed by atoms with van der Waals surface area (Å²) in [5.74, 6) is 0.184. The lowest BCUT2D eigenvalue weighted by Gasteiger charge is -1.99. The number of nitrogens with one attached hydrogen (secondary N) is 1. The Labute approximate surface area is 143 Å². The molecule has 1 heterocycles. The molecule has 120 valence electrons. The number of amides is 1. The summed E-state index contributed by atoms with van der Waals surface area (Å²) in [6.07, 6.45) is 1.40. The van der Waals surface area contributed by atoms with Gasteiger partial charge in [0.2, 0.25) is 5.22 Å². The van der Waals surface area contributed by atoms with Crippen LogP contribution in [-0.4, -0.2) is 17.2 Å². The first-order valence-corrected chi connectivity index (χ1v) is 7.48. The van der Waals surface area contributed by atoms with Crippen LogP contribution in [0.2, 0.25) is 5.22 Å². The van der Waals surface area contributed by atoms with Gasteiger partial charge in [-0.1, -0.05) is 36.4 Å². The van der Waals surface area contributed by atoms with Crippen LogP contribution in [0.3, 0.4) is 0 Å². The van der Waals surface area contributed by atoms with Crippen molar-refractivity contribution in [3.05, 3.63) is 77.0 Å². The van der Waals surface area contributed by atoms with Gasteiger partial charge in [0.15, 0.2) is 0 Å². The molecule has 0 spiro atoms. The number of phenolic OH excluding ortho intramolecular Hbond substituents is 1. The van der Waals surface area contributed by atoms with Crippen LogP contribution in [0.1, 0.15) is 15.9 Å². The third kappa shape index (κ3) is 3.64. The average Bonchev–Trinajstić information content (AvgIpc) is 2.96. The van der Waals surface area contributed by atoms with Crippen LogP contribution in [0.5, 0.6) is 5.75 Å². The van der Waals surface area contributed by atoms with E-state index in [-0.39, 0.29) is 11.0 Å². The molecule has 0 aliphatic rings. The Morgan fingerprint density at radius 2 is 1.92 bits per heavy atom. The zero-order valence-electron chi connectivity index (χ0n) is 12.4. The highest BCUT2D eigenvalue weighted by atomic mass is 35.5. The third-order valence-electron chi connectivity index (χ3n) is 3.25. The molecule has 6 heteroatoms. The van der Waals surface area contributed by atoms with Gasteiger partial charge in [0.1, 0.15) is 11.5 Å². The number of hydrogen-bond acceptors (Lipinski definition) is 4. The molecule has 0 atom stereocenters. The summed E-state index contributed by atoms with van der Waals surface area (Å²) in [5, 5.41) is 13.4. The lowest BCUT2D eigenvalue weighted by molar-refractivity contribution is 0.0954. The van der Waals surface area contributed by atoms with Crippen LogP contribution < -0.4 is 5.43 Å². The highest BCUT2D eigenvalue weighted by molar-refractivity contribution is 6.31. The third-order valence-corrected chi connectivity index (χ3v) is 3.54. The summed E-state index contributed by atoms with van der Waals surface area (Å²) in [6, 6.07) is 17.2. The van der Waals surface area contributed by atoms with Crippen molar-refractivity contribution in [3.63, 3.8) is 0 Å². The molecule has 3 aromatic rings. The van der Waals surface area contributed by atoms with Gasteiger partial charge in [0.25, 0.3) is 5.91 Å². The first-order valence-electron chi connectivity index (χ1n) is 7.10. The van der Waals surface area contributed by atoms with E-state index in [9.17, 15) is 9.90 Å². The number of carbonyl (C=O) groups excluding carboxylic acids is 1. The molecule has 1 aromatic heterocycles. The first-order chi connectivity index (χ1) is 11.6. The van der Waals surface area contributed by atoms with Crippen LogP contribution >= 0.6 is 11.6 Å². The van der Waals surface area contributed by atoms with E-state index in [0.717, 1.165) is 5.56 Å². The normalized spacial score (nSPS) is 10.9. The summed E-state index contributed by atoms with van der Waals surface area (Å²) in [7, 11) is 0. The molecule has 0 bridgehead atoms. The number of aromatic hydroxyl groups is 1. The summed E-state index contributed by atoms with van der Waals surface area (Å²) in [4.78, 5) is 11.9. The molecule has 0 aliphatic carbocycles. The minimum Gasteiger partial charge on any atom is -0.508 e. The molecule has 0 fully saturated rings. The molecule has 0 aliphatic heterocycles. The minimum atomic E-state index is -0.440. The van der Waals surface area contributed by atoms with E-state index < -0.39 is 5.91 Å². The van der Waals surface area contributed by atoms with Crippen LogP contribution in [0.4, 0.5) is 0 Å². The van der Waals surface area contributed by atoms with E-state index in [2.05, 4.69) is 10.5 Å². The monoisotopic (exact) mass is 340 g/mol. The summed E-state index contributed by atoms with van der Waals surface area (Å²) in [6.45, 7) is 0. The van der Waals surface area contributed by atoms with Crippen molar-refractivity contribution in [2.24, 2.45) is 5.10 Å². The smallest absolute Gasteiger partial charge is 0.271 e. The number of rotatable bonds is 4. The highest BCUT2D eigenvalue weighted by Crippen LogP contribution is 2.27. The van der Waals surface area contributed by atoms with Gasteiger partial charge in [-0.2, -0.15) is 5.10 Å². The number of furan rings is 1. The maximum atomic E-state index is 11.9. The van der Waals surface area contributed by atoms with Crippen molar-refractivity contribution in [2.45, 2.75) is 0 Å². The number of phenols is 1. The molecule has 1 amide bonds. The highest BCUT2D eigenvalue weighted by Gasteiger charge is 2.09. The Kier molecular flexibility index (Phi) is 4.63. The van der Waals surface area contributed by atoms with Crippen molar-refractivity contribution in [2.75, 3.05) is 0 Å². The van der Waals surface area contributed by atoms with Gasteiger partial charge in [-0.25, -0.2) is 5.43 Å². The van der Waals surface area contributed by atoms with Gasteiger partial charge in [-0.05, 0) is 35.9 Å². The number of benzene rings is 2. The molecule has 0 saturated carbocycles. The number of nitrogens with zero attached hydrogens (tertiary/aromatic N) is 1. The van der Waals surface area contributed by atoms with E-state index in [0.29, 0.717) is 16.9 Å². The summed E-state index contributed by atoms with van der Waals surface area (Å²) >= 11 is 6.04. The largest absolute Gasteiger partial charge is 0.508 e. The van der Waals surface area contributed by atoms with Crippen LogP contribution in [-0.2, 0) is 0 Å². The van der Waals surface area contributed by atoms with E-state index in [1.165, 1.54) is 18.3 Å². The van der Waals surface area contributed by atoms with Crippen molar-refractivity contribution in [1.82, 2.24) is 5.43 Å². The molecule has 0 saturated heterocycles. The fraction of sp³-hybridized carbons (Fsp3) is 0. The molecule has 24 heavy (non-hydrogen) atoms. The molecule has 2 aromatic carbocycles. The van der Waals surface area contributed by atoms with Gasteiger partial charge in [0, 0.05) is 11.1 Å². The maximum Gasteiger partial charge on any atom is 0.271 e. The Balaban J connectivity index is 1.71. The number of hydrogen-bond donors (Lipinski definition) is 2. The topological polar surface area (TPSA) is 74.8 Å². The average molecular weight is 341 g/mol. The Bertz CT molecular complexity index is 888. The van der Waals surface area contributed by atoms with Gasteiger partial charge >= 0.3 is 0 Å². The lowest BCUT2D eigenvalue weighted by atomic mass is 10.1. The van der Waals surface area contributed by atoms with E-state index in [1.807, 2.05) is 30.3 Å². The molecule has 5 nitrogen and oxygen atoms in total. The zero-order chi connectivity index (χ0) is 16.9. The molecular formula is C18H13ClN2O3. The Morgan fingerprint density at radius 1 is 1.12 bits per heavy atom. The standard InChI is InChI=1S/C18H13ClN2O3/c19-17-14(10-16(24-17)12-5-2-1-3-6-12)11-20-21-18(23)13-7-4-8-15(22)9-13/h1-11,22H,(H,21,23)/b20-11-. The van der Waals surface area contributed by atoms with Gasteiger partial charge in [-0.3, -0.25) is 4.79 Å². The second kappa shape index (κ2) is 7.02. The zero-order valence-corrected chi connectivity index (χ0v) is 13.2. The van der Waals surface area contributed by atoms with Crippen LogP contribution in [0, 0.1) is 0 Å². The molecule has 3 rings (SSSR count). The van der Waals surface area contributed by atoms with Crippen molar-refractivity contribution >= 4 is 23.7 Å². The quantitative estimate of drug-likeness (QED) is 0.555. The summed E-state index contributed by atoms with van der Waals surface area (Å²) in [5.41, 5.74) is 4.11. The molecular weight excluding hydrogens is 328 g/mol. The molecule has 0 radical (unpaired) electrons. The van der Waals surface area contributed by atoms with Gasteiger partial charge in [0.05, 0.1) is 11.8 Å². The Hall–Kier alpha value is -3.05. The predicted molar refractivity (Wildman–Crippen MR) is 92.3 cm³/mol. The molecule has 2 N–H and O–H groups in total. The minimum absolute atomic E-state index is 0.0111. The van der Waals surface area contributed by atoms with Crippen molar-refractivity contribution in [3.8, 4) is 17.1 Å². The number of carbonyl (C=O) groups is 1. The van der Waals surface area contributed by atoms with E-state index >= 15 is 0 Å². The van der Waals surface area contributed by atoms with Gasteiger partial charge < -0.3 is 9.52 Å². The predicted octanol–water partition coefficient (Wildman–Crippen LogP) is 4.07. The molecule has 0 unspecified atom stereocenters. The second-order valence-corrected chi connectivity index (χ2v) is 5.30. The van der Waals surface area contributed by atoms with Crippen LogP contribution in [0.15, 0.2) is 70.2 Å². The van der Waals surface area contributed by atoms with E-state index in [4.69, 9.17) is 16.0 Å². The van der Waals surface area contributed by atoms with Crippen LogP contribution in [0.25, 0.3) is 11.3 Å². The first kappa shape index (κ1) is 15.8. The fourth-order valence-corrected chi connectivity index (χ4v) is 2.27. The van der Waals surface area contributed by atoms with Crippen molar-refractivity contribution in [1.29, 1.82) is 0 Å². The lowest BCUT2D eigenvalue weighted by Crippen LogP contribution is -2.17. The SMILES string of the molecule is O=C(N/N=C\c1cc(-c2ccccc2)oc1Cl)c1cccc(O)c1. The number of hydrazone groups is 1. The van der Waals surface area contributed by atoms with E-state index in [1.54, 1.807) is 18.2 Å². The summed E-state index contributed by atoms with van der Waals surface area (Å²) < 4.78 is 5.49. The van der Waals surface area contributed by atoms with Crippen molar-refractivity contribution < 1.29 is 14.3 Å².